The number of ether oxygens (including phenoxy) is 1. The molecule has 0 N–H and O–H groups in total. The van der Waals surface area contributed by atoms with E-state index in [2.05, 4.69) is 6.19 Å². The Labute approximate surface area is 165 Å². The van der Waals surface area contributed by atoms with Gasteiger partial charge >= 0.3 is 10.2 Å². The number of likely N-dealkylation sites (tertiary alicyclic amines) is 1. The summed E-state index contributed by atoms with van der Waals surface area (Å²) >= 11 is 0. The van der Waals surface area contributed by atoms with Gasteiger partial charge in [-0.3, -0.25) is 4.31 Å². The molecular formula is C20H22N4O3S. The van der Waals surface area contributed by atoms with Crippen LogP contribution in [0.3, 0.4) is 0 Å². The van der Waals surface area contributed by atoms with Gasteiger partial charge in [0.25, 0.3) is 0 Å². The highest BCUT2D eigenvalue weighted by Crippen LogP contribution is 2.33. The Balaban J connectivity index is 1.56. The maximum atomic E-state index is 13.1. The van der Waals surface area contributed by atoms with E-state index in [9.17, 15) is 8.42 Å². The fraction of sp³-hybridized carbons (Fsp3) is 0.350. The minimum Gasteiger partial charge on any atom is -0.496 e. The lowest BCUT2D eigenvalue weighted by atomic mass is 10.0. The number of rotatable bonds is 4. The van der Waals surface area contributed by atoms with Crippen LogP contribution >= 0.6 is 0 Å². The summed E-state index contributed by atoms with van der Waals surface area (Å²) in [4.78, 5) is 1.62. The monoisotopic (exact) mass is 398 g/mol. The first-order valence-electron chi connectivity index (χ1n) is 9.22. The summed E-state index contributed by atoms with van der Waals surface area (Å²) in [5, 5.41) is 9.03. The van der Waals surface area contributed by atoms with Gasteiger partial charge in [-0.15, -0.1) is 0 Å². The number of hydrogen-bond acceptors (Lipinski definition) is 5. The second-order valence-electron chi connectivity index (χ2n) is 6.93. The second kappa shape index (κ2) is 7.34. The first-order chi connectivity index (χ1) is 13.5. The summed E-state index contributed by atoms with van der Waals surface area (Å²) in [7, 11) is -1.95. The molecule has 2 aliphatic heterocycles. The number of hydrogen-bond donors (Lipinski definition) is 0. The van der Waals surface area contributed by atoms with Gasteiger partial charge in [-0.2, -0.15) is 18.0 Å². The van der Waals surface area contributed by atoms with E-state index in [0.717, 1.165) is 16.9 Å². The Bertz CT molecular complexity index is 1000. The summed E-state index contributed by atoms with van der Waals surface area (Å²) in [5.41, 5.74) is 2.58. The van der Waals surface area contributed by atoms with Crippen molar-refractivity contribution in [3.05, 3.63) is 48.5 Å². The Hall–Kier alpha value is -2.76. The molecule has 0 bridgehead atoms. The van der Waals surface area contributed by atoms with Crippen molar-refractivity contribution < 1.29 is 13.2 Å². The van der Waals surface area contributed by atoms with Crippen molar-refractivity contribution in [2.75, 3.05) is 37.6 Å². The molecule has 2 aromatic rings. The minimum atomic E-state index is -3.58. The fourth-order valence-corrected chi connectivity index (χ4v) is 5.75. The Morgan fingerprint density at radius 3 is 2.50 bits per heavy atom. The molecule has 0 spiro atoms. The van der Waals surface area contributed by atoms with Gasteiger partial charge < -0.3 is 9.64 Å². The largest absolute Gasteiger partial charge is 0.496 e. The van der Waals surface area contributed by atoms with Crippen molar-refractivity contribution in [1.29, 1.82) is 5.26 Å². The molecule has 2 fully saturated rings. The number of nitriles is 1. The van der Waals surface area contributed by atoms with Gasteiger partial charge in [0.2, 0.25) is 0 Å². The third-order valence-electron chi connectivity index (χ3n) is 5.38. The average molecular weight is 398 g/mol. The molecule has 2 aliphatic rings. The van der Waals surface area contributed by atoms with Gasteiger partial charge in [0.15, 0.2) is 6.19 Å². The van der Waals surface area contributed by atoms with Crippen LogP contribution < -0.4 is 9.04 Å². The molecule has 0 aromatic heterocycles. The number of para-hydroxylation sites is 1. The van der Waals surface area contributed by atoms with Crippen molar-refractivity contribution >= 4 is 15.9 Å². The van der Waals surface area contributed by atoms with E-state index in [1.807, 2.05) is 48.5 Å². The van der Waals surface area contributed by atoms with Crippen LogP contribution in [0.2, 0.25) is 0 Å². The summed E-state index contributed by atoms with van der Waals surface area (Å²) in [5.74, 6) is 0.776. The van der Waals surface area contributed by atoms with Crippen LogP contribution in [-0.4, -0.2) is 57.0 Å². The summed E-state index contributed by atoms with van der Waals surface area (Å²) < 4.78 is 34.5. The zero-order valence-electron chi connectivity index (χ0n) is 15.7. The summed E-state index contributed by atoms with van der Waals surface area (Å²) in [6.07, 6.45) is 2.79. The smallest absolute Gasteiger partial charge is 0.304 e. The van der Waals surface area contributed by atoms with Crippen LogP contribution in [0, 0.1) is 11.5 Å². The molecule has 146 valence electrons. The summed E-state index contributed by atoms with van der Waals surface area (Å²) in [6.45, 7) is 1.94. The second-order valence-corrected chi connectivity index (χ2v) is 8.73. The van der Waals surface area contributed by atoms with Crippen LogP contribution in [-0.2, 0) is 10.2 Å². The standard InChI is InChI=1S/C20H22N4O3S/c1-27-20-5-3-2-4-19(20)16-6-8-17(9-7-16)23-12-13-24(28(23,25)26)18-10-11-22(14-18)15-21/h2-9,18H,10-14H2,1H3/t18-/m1/s1. The highest BCUT2D eigenvalue weighted by molar-refractivity contribution is 7.90. The van der Waals surface area contributed by atoms with Gasteiger partial charge in [-0.1, -0.05) is 30.3 Å². The minimum absolute atomic E-state index is 0.137. The first-order valence-corrected chi connectivity index (χ1v) is 10.6. The third-order valence-corrected chi connectivity index (χ3v) is 7.41. The molecule has 0 saturated carbocycles. The molecule has 2 heterocycles. The van der Waals surface area contributed by atoms with E-state index in [1.54, 1.807) is 16.3 Å². The highest BCUT2D eigenvalue weighted by Gasteiger charge is 2.43. The van der Waals surface area contributed by atoms with Gasteiger partial charge in [0.1, 0.15) is 5.75 Å². The van der Waals surface area contributed by atoms with Crippen LogP contribution in [0.5, 0.6) is 5.75 Å². The molecule has 0 radical (unpaired) electrons. The Morgan fingerprint density at radius 2 is 1.82 bits per heavy atom. The Morgan fingerprint density at radius 1 is 1.07 bits per heavy atom. The average Bonchev–Trinajstić information content (AvgIpc) is 3.31. The van der Waals surface area contributed by atoms with Crippen molar-refractivity contribution in [1.82, 2.24) is 9.21 Å². The zero-order chi connectivity index (χ0) is 19.7. The molecule has 28 heavy (non-hydrogen) atoms. The lowest BCUT2D eigenvalue weighted by Gasteiger charge is -2.24. The van der Waals surface area contributed by atoms with Crippen molar-refractivity contribution in [2.24, 2.45) is 0 Å². The highest BCUT2D eigenvalue weighted by atomic mass is 32.2. The van der Waals surface area contributed by atoms with Crippen LogP contribution in [0.1, 0.15) is 6.42 Å². The van der Waals surface area contributed by atoms with Crippen molar-refractivity contribution in [3.8, 4) is 23.1 Å². The molecule has 0 unspecified atom stereocenters. The quantitative estimate of drug-likeness (QED) is 0.739. The van der Waals surface area contributed by atoms with Crippen molar-refractivity contribution in [2.45, 2.75) is 12.5 Å². The predicted molar refractivity (Wildman–Crippen MR) is 107 cm³/mol. The molecular weight excluding hydrogens is 376 g/mol. The third kappa shape index (κ3) is 3.17. The molecule has 4 rings (SSSR count). The van der Waals surface area contributed by atoms with Gasteiger partial charge in [0, 0.05) is 37.8 Å². The van der Waals surface area contributed by atoms with E-state index in [-0.39, 0.29) is 6.04 Å². The lowest BCUT2D eigenvalue weighted by molar-refractivity contribution is 0.345. The van der Waals surface area contributed by atoms with E-state index in [4.69, 9.17) is 10.00 Å². The molecule has 1 atom stereocenters. The number of benzene rings is 2. The van der Waals surface area contributed by atoms with Gasteiger partial charge in [0.05, 0.1) is 12.8 Å². The molecule has 8 heteroatoms. The van der Waals surface area contributed by atoms with E-state index >= 15 is 0 Å². The zero-order valence-corrected chi connectivity index (χ0v) is 16.5. The predicted octanol–water partition coefficient (Wildman–Crippen LogP) is 2.28. The first kappa shape index (κ1) is 18.6. The topological polar surface area (TPSA) is 76.9 Å². The molecule has 0 aliphatic carbocycles. The maximum absolute atomic E-state index is 13.1. The molecule has 0 amide bonds. The van der Waals surface area contributed by atoms with Crippen LogP contribution in [0.25, 0.3) is 11.1 Å². The van der Waals surface area contributed by atoms with Gasteiger partial charge in [-0.05, 0) is 30.2 Å². The SMILES string of the molecule is COc1ccccc1-c1ccc(N2CCN([C@@H]3CCN(C#N)C3)S2(=O)=O)cc1. The summed E-state index contributed by atoms with van der Waals surface area (Å²) in [6, 6.07) is 15.1. The number of nitrogens with zero attached hydrogens (tertiary/aromatic N) is 4. The van der Waals surface area contributed by atoms with E-state index in [0.29, 0.717) is 38.3 Å². The molecule has 7 nitrogen and oxygen atoms in total. The normalized spacial score (nSPS) is 21.6. The fourth-order valence-electron chi connectivity index (χ4n) is 3.94. The lowest BCUT2D eigenvalue weighted by Crippen LogP contribution is -2.41. The van der Waals surface area contributed by atoms with Crippen molar-refractivity contribution in [3.63, 3.8) is 0 Å². The van der Waals surface area contributed by atoms with E-state index in [1.165, 1.54) is 4.31 Å². The maximum Gasteiger partial charge on any atom is 0.304 e. The molecule has 2 aromatic carbocycles. The van der Waals surface area contributed by atoms with Gasteiger partial charge in [-0.25, -0.2) is 0 Å². The Kier molecular flexibility index (Phi) is 4.87. The molecule has 2 saturated heterocycles. The van der Waals surface area contributed by atoms with E-state index < -0.39 is 10.2 Å². The van der Waals surface area contributed by atoms with Crippen LogP contribution in [0.4, 0.5) is 5.69 Å². The van der Waals surface area contributed by atoms with Crippen LogP contribution in [0.15, 0.2) is 48.5 Å². The number of anilines is 1. The number of methoxy groups -OCH3 is 1.